The first-order valence-electron chi connectivity index (χ1n) is 8.94. The second-order valence-electron chi connectivity index (χ2n) is 6.60. The summed E-state index contributed by atoms with van der Waals surface area (Å²) in [6.45, 7) is 3.72. The third-order valence-electron chi connectivity index (χ3n) is 4.32. The summed E-state index contributed by atoms with van der Waals surface area (Å²) in [4.78, 5) is 19.8. The number of benzene rings is 1. The number of aryl methyl sites for hydroxylation is 2. The van der Waals surface area contributed by atoms with Crippen molar-refractivity contribution in [1.29, 1.82) is 0 Å². The summed E-state index contributed by atoms with van der Waals surface area (Å²) in [5, 5.41) is 2.51. The SMILES string of the molecule is Cc1c[nH]c(-c2cc(Oc3ccc(F)c(NC(=O)c4occc4C)c3)ccn2)c1. The molecule has 6 nitrogen and oxygen atoms in total. The van der Waals surface area contributed by atoms with Crippen molar-refractivity contribution in [2.75, 3.05) is 5.32 Å². The molecule has 1 amide bonds. The van der Waals surface area contributed by atoms with E-state index in [0.29, 0.717) is 17.1 Å². The van der Waals surface area contributed by atoms with Crippen LogP contribution in [0.2, 0.25) is 0 Å². The van der Waals surface area contributed by atoms with Crippen molar-refractivity contribution >= 4 is 11.6 Å². The molecule has 0 unspecified atom stereocenters. The fraction of sp³-hybridized carbons (Fsp3) is 0.0909. The van der Waals surface area contributed by atoms with Gasteiger partial charge in [0.15, 0.2) is 5.76 Å². The third-order valence-corrected chi connectivity index (χ3v) is 4.32. The molecule has 0 aliphatic heterocycles. The van der Waals surface area contributed by atoms with Gasteiger partial charge in [0.1, 0.15) is 17.3 Å². The lowest BCUT2D eigenvalue weighted by atomic mass is 10.2. The fourth-order valence-corrected chi connectivity index (χ4v) is 2.86. The van der Waals surface area contributed by atoms with Crippen LogP contribution in [0.15, 0.2) is 65.5 Å². The monoisotopic (exact) mass is 391 g/mol. The minimum absolute atomic E-state index is 0.00225. The number of aromatic amines is 1. The number of ether oxygens (including phenoxy) is 1. The van der Waals surface area contributed by atoms with Crippen molar-refractivity contribution in [1.82, 2.24) is 9.97 Å². The van der Waals surface area contributed by atoms with E-state index in [1.807, 2.05) is 19.2 Å². The highest BCUT2D eigenvalue weighted by Gasteiger charge is 2.15. The molecule has 1 aromatic carbocycles. The average molecular weight is 391 g/mol. The van der Waals surface area contributed by atoms with Crippen LogP contribution in [0.1, 0.15) is 21.7 Å². The van der Waals surface area contributed by atoms with Crippen molar-refractivity contribution in [2.24, 2.45) is 0 Å². The van der Waals surface area contributed by atoms with Crippen LogP contribution in [0.25, 0.3) is 11.4 Å². The van der Waals surface area contributed by atoms with E-state index in [0.717, 1.165) is 17.0 Å². The van der Waals surface area contributed by atoms with Crippen molar-refractivity contribution in [3.63, 3.8) is 0 Å². The quantitative estimate of drug-likeness (QED) is 0.473. The Morgan fingerprint density at radius 2 is 1.97 bits per heavy atom. The zero-order chi connectivity index (χ0) is 20.4. The molecule has 0 fully saturated rings. The predicted molar refractivity (Wildman–Crippen MR) is 107 cm³/mol. The van der Waals surface area contributed by atoms with Gasteiger partial charge in [-0.05, 0) is 49.7 Å². The van der Waals surface area contributed by atoms with Gasteiger partial charge in [-0.2, -0.15) is 0 Å². The van der Waals surface area contributed by atoms with Gasteiger partial charge in [-0.25, -0.2) is 4.39 Å². The molecule has 4 aromatic rings. The molecule has 0 aliphatic rings. The standard InChI is InChI=1S/C22H18FN3O3/c1-13-9-19(25-12-13)20-11-16(5-7-24-20)29-15-3-4-17(23)18(10-15)26-22(27)21-14(2)6-8-28-21/h3-12,25H,1-2H3,(H,26,27). The minimum Gasteiger partial charge on any atom is -0.459 e. The Kier molecular flexibility index (Phi) is 4.87. The Morgan fingerprint density at radius 1 is 1.14 bits per heavy atom. The largest absolute Gasteiger partial charge is 0.459 e. The van der Waals surface area contributed by atoms with Gasteiger partial charge in [0.2, 0.25) is 0 Å². The second kappa shape index (κ2) is 7.63. The molecule has 3 aromatic heterocycles. The molecule has 29 heavy (non-hydrogen) atoms. The van der Waals surface area contributed by atoms with Gasteiger partial charge in [-0.3, -0.25) is 9.78 Å². The average Bonchev–Trinajstić information content (AvgIpc) is 3.33. The molecular formula is C22H18FN3O3. The second-order valence-corrected chi connectivity index (χ2v) is 6.60. The van der Waals surface area contributed by atoms with Crippen LogP contribution in [-0.2, 0) is 0 Å². The van der Waals surface area contributed by atoms with Gasteiger partial charge in [0.25, 0.3) is 5.91 Å². The van der Waals surface area contributed by atoms with Gasteiger partial charge >= 0.3 is 0 Å². The van der Waals surface area contributed by atoms with E-state index < -0.39 is 11.7 Å². The van der Waals surface area contributed by atoms with E-state index in [1.54, 1.807) is 31.3 Å². The number of hydrogen-bond donors (Lipinski definition) is 2. The van der Waals surface area contributed by atoms with Crippen LogP contribution < -0.4 is 10.1 Å². The van der Waals surface area contributed by atoms with Crippen LogP contribution in [0, 0.1) is 19.7 Å². The number of rotatable bonds is 5. The molecule has 0 saturated carbocycles. The number of hydrogen-bond acceptors (Lipinski definition) is 4. The summed E-state index contributed by atoms with van der Waals surface area (Å²) in [6, 6.07) is 11.3. The summed E-state index contributed by atoms with van der Waals surface area (Å²) in [5.41, 5.74) is 3.35. The van der Waals surface area contributed by atoms with E-state index in [1.165, 1.54) is 24.5 Å². The molecule has 146 valence electrons. The van der Waals surface area contributed by atoms with Gasteiger partial charge in [0, 0.05) is 30.1 Å². The molecule has 0 radical (unpaired) electrons. The summed E-state index contributed by atoms with van der Waals surface area (Å²) in [7, 11) is 0. The van der Waals surface area contributed by atoms with Gasteiger partial charge < -0.3 is 19.5 Å². The smallest absolute Gasteiger partial charge is 0.291 e. The number of anilines is 1. The maximum atomic E-state index is 14.2. The van der Waals surface area contributed by atoms with Crippen LogP contribution in [0.3, 0.4) is 0 Å². The molecule has 0 saturated heterocycles. The number of aromatic nitrogens is 2. The summed E-state index contributed by atoms with van der Waals surface area (Å²) in [5.74, 6) is -0.0644. The number of H-pyrrole nitrogens is 1. The lowest BCUT2D eigenvalue weighted by Gasteiger charge is -2.10. The number of carbonyl (C=O) groups excluding carboxylic acids is 1. The minimum atomic E-state index is -0.577. The van der Waals surface area contributed by atoms with E-state index in [9.17, 15) is 9.18 Å². The van der Waals surface area contributed by atoms with E-state index in [-0.39, 0.29) is 11.4 Å². The van der Waals surface area contributed by atoms with E-state index >= 15 is 0 Å². The van der Waals surface area contributed by atoms with Crippen molar-refractivity contribution < 1.29 is 18.3 Å². The molecule has 0 bridgehead atoms. The normalized spacial score (nSPS) is 10.7. The first-order valence-corrected chi connectivity index (χ1v) is 8.94. The Hall–Kier alpha value is -3.87. The van der Waals surface area contributed by atoms with Crippen LogP contribution >= 0.6 is 0 Å². The molecule has 0 aliphatic carbocycles. The summed E-state index contributed by atoms with van der Waals surface area (Å²) in [6.07, 6.45) is 4.93. The molecule has 2 N–H and O–H groups in total. The maximum absolute atomic E-state index is 14.2. The summed E-state index contributed by atoms with van der Waals surface area (Å²) < 4.78 is 25.2. The number of nitrogens with zero attached hydrogens (tertiary/aromatic N) is 1. The Balaban J connectivity index is 1.55. The Bertz CT molecular complexity index is 1180. The van der Waals surface area contributed by atoms with E-state index in [4.69, 9.17) is 9.15 Å². The topological polar surface area (TPSA) is 80.1 Å². The third kappa shape index (κ3) is 4.03. The number of pyridine rings is 1. The molecular weight excluding hydrogens is 373 g/mol. The van der Waals surface area contributed by atoms with Gasteiger partial charge in [-0.1, -0.05) is 0 Å². The lowest BCUT2D eigenvalue weighted by molar-refractivity contribution is 0.0995. The number of carbonyl (C=O) groups is 1. The molecule has 4 rings (SSSR count). The Labute approximate surface area is 166 Å². The molecule has 3 heterocycles. The first-order chi connectivity index (χ1) is 14.0. The Morgan fingerprint density at radius 3 is 2.69 bits per heavy atom. The van der Waals surface area contributed by atoms with Crippen LogP contribution in [0.4, 0.5) is 10.1 Å². The zero-order valence-electron chi connectivity index (χ0n) is 15.8. The van der Waals surface area contributed by atoms with Crippen molar-refractivity contribution in [3.05, 3.63) is 83.8 Å². The number of nitrogens with one attached hydrogen (secondary N) is 2. The first kappa shape index (κ1) is 18.5. The number of halogens is 1. The highest BCUT2D eigenvalue weighted by molar-refractivity contribution is 6.03. The number of amides is 1. The lowest BCUT2D eigenvalue weighted by Crippen LogP contribution is -2.13. The highest BCUT2D eigenvalue weighted by Crippen LogP contribution is 2.29. The van der Waals surface area contributed by atoms with Crippen molar-refractivity contribution in [2.45, 2.75) is 13.8 Å². The molecule has 7 heteroatoms. The van der Waals surface area contributed by atoms with Gasteiger partial charge in [-0.15, -0.1) is 0 Å². The summed E-state index contributed by atoms with van der Waals surface area (Å²) >= 11 is 0. The zero-order valence-corrected chi connectivity index (χ0v) is 15.8. The van der Waals surface area contributed by atoms with Gasteiger partial charge in [0.05, 0.1) is 23.3 Å². The number of furan rings is 1. The van der Waals surface area contributed by atoms with Crippen LogP contribution in [-0.4, -0.2) is 15.9 Å². The van der Waals surface area contributed by atoms with Crippen LogP contribution in [0.5, 0.6) is 11.5 Å². The molecule has 0 spiro atoms. The predicted octanol–water partition coefficient (Wildman–Crippen LogP) is 5.47. The highest BCUT2D eigenvalue weighted by atomic mass is 19.1. The van der Waals surface area contributed by atoms with Crippen molar-refractivity contribution in [3.8, 4) is 22.9 Å². The fourth-order valence-electron chi connectivity index (χ4n) is 2.86. The van der Waals surface area contributed by atoms with E-state index in [2.05, 4.69) is 15.3 Å². The molecule has 0 atom stereocenters. The maximum Gasteiger partial charge on any atom is 0.291 e.